The van der Waals surface area contributed by atoms with Crippen LogP contribution in [-0.2, 0) is 6.42 Å². The second kappa shape index (κ2) is 5.72. The summed E-state index contributed by atoms with van der Waals surface area (Å²) in [5.41, 5.74) is 4.21. The SMILES string of the molecule is CC(C)Oc1cc2c(cc1-c1ccccc1)CCCC2=O. The third-order valence-corrected chi connectivity index (χ3v) is 3.80. The van der Waals surface area contributed by atoms with E-state index in [4.69, 9.17) is 4.74 Å². The lowest BCUT2D eigenvalue weighted by atomic mass is 9.87. The second-order valence-corrected chi connectivity index (χ2v) is 5.81. The average Bonchev–Trinajstić information content (AvgIpc) is 2.48. The summed E-state index contributed by atoms with van der Waals surface area (Å²) in [7, 11) is 0. The van der Waals surface area contributed by atoms with Crippen molar-refractivity contribution in [1.82, 2.24) is 0 Å². The minimum atomic E-state index is 0.0872. The molecule has 0 fully saturated rings. The molecule has 108 valence electrons. The summed E-state index contributed by atoms with van der Waals surface area (Å²) < 4.78 is 5.96. The molecule has 0 aliphatic heterocycles. The van der Waals surface area contributed by atoms with Crippen molar-refractivity contribution in [2.75, 3.05) is 0 Å². The number of ether oxygens (including phenoxy) is 1. The molecule has 2 aromatic carbocycles. The van der Waals surface area contributed by atoms with E-state index >= 15 is 0 Å². The predicted octanol–water partition coefficient (Wildman–Crippen LogP) is 4.66. The summed E-state index contributed by atoms with van der Waals surface area (Å²) >= 11 is 0. The molecule has 0 spiro atoms. The third kappa shape index (κ3) is 2.85. The standard InChI is InChI=1S/C19H20O2/c1-13(2)21-19-12-16-15(9-6-10-18(16)20)11-17(19)14-7-4-3-5-8-14/h3-5,7-8,11-13H,6,9-10H2,1-2H3. The van der Waals surface area contributed by atoms with E-state index in [9.17, 15) is 4.79 Å². The lowest BCUT2D eigenvalue weighted by Crippen LogP contribution is -2.13. The normalized spacial score (nSPS) is 14.1. The van der Waals surface area contributed by atoms with Gasteiger partial charge in [-0.05, 0) is 49.9 Å². The Bertz CT molecular complexity index is 657. The smallest absolute Gasteiger partial charge is 0.163 e. The first-order valence-corrected chi connectivity index (χ1v) is 7.57. The number of carbonyl (C=O) groups is 1. The molecule has 0 unspecified atom stereocenters. The Hall–Kier alpha value is -2.09. The van der Waals surface area contributed by atoms with Crippen molar-refractivity contribution in [3.8, 4) is 16.9 Å². The minimum absolute atomic E-state index is 0.0872. The van der Waals surface area contributed by atoms with E-state index in [1.54, 1.807) is 0 Å². The topological polar surface area (TPSA) is 26.3 Å². The first-order valence-electron chi connectivity index (χ1n) is 7.57. The van der Waals surface area contributed by atoms with Crippen LogP contribution in [0.2, 0.25) is 0 Å². The van der Waals surface area contributed by atoms with Gasteiger partial charge >= 0.3 is 0 Å². The maximum Gasteiger partial charge on any atom is 0.163 e. The number of carbonyl (C=O) groups excluding carboxylic acids is 1. The van der Waals surface area contributed by atoms with Gasteiger partial charge in [0.2, 0.25) is 0 Å². The van der Waals surface area contributed by atoms with Gasteiger partial charge in [0.1, 0.15) is 5.75 Å². The van der Waals surface area contributed by atoms with Crippen LogP contribution in [0.25, 0.3) is 11.1 Å². The monoisotopic (exact) mass is 280 g/mol. The maximum atomic E-state index is 12.1. The van der Waals surface area contributed by atoms with Crippen LogP contribution in [0.1, 0.15) is 42.6 Å². The molecule has 0 atom stereocenters. The number of fused-ring (bicyclic) bond motifs is 1. The molecule has 0 saturated heterocycles. The number of rotatable bonds is 3. The molecule has 2 nitrogen and oxygen atoms in total. The van der Waals surface area contributed by atoms with Crippen LogP contribution in [0.15, 0.2) is 42.5 Å². The van der Waals surface area contributed by atoms with Crippen LogP contribution < -0.4 is 4.74 Å². The van der Waals surface area contributed by atoms with Gasteiger partial charge in [-0.3, -0.25) is 4.79 Å². The van der Waals surface area contributed by atoms with Crippen LogP contribution >= 0.6 is 0 Å². The summed E-state index contributed by atoms with van der Waals surface area (Å²) in [4.78, 5) is 12.1. The van der Waals surface area contributed by atoms with Crippen LogP contribution in [0.4, 0.5) is 0 Å². The van der Waals surface area contributed by atoms with E-state index < -0.39 is 0 Å². The Labute approximate surface area is 125 Å². The molecule has 0 aromatic heterocycles. The zero-order valence-electron chi connectivity index (χ0n) is 12.6. The molecule has 0 N–H and O–H groups in total. The van der Waals surface area contributed by atoms with Crippen molar-refractivity contribution in [3.05, 3.63) is 53.6 Å². The number of hydrogen-bond donors (Lipinski definition) is 0. The number of Topliss-reactive ketones (excluding diaryl/α,β-unsaturated/α-hetero) is 1. The third-order valence-electron chi connectivity index (χ3n) is 3.80. The van der Waals surface area contributed by atoms with Crippen molar-refractivity contribution in [2.45, 2.75) is 39.2 Å². The lowest BCUT2D eigenvalue weighted by molar-refractivity contribution is 0.0971. The van der Waals surface area contributed by atoms with Crippen molar-refractivity contribution in [1.29, 1.82) is 0 Å². The highest BCUT2D eigenvalue weighted by Crippen LogP contribution is 2.36. The Balaban J connectivity index is 2.15. The highest BCUT2D eigenvalue weighted by Gasteiger charge is 2.21. The van der Waals surface area contributed by atoms with Gasteiger partial charge in [0.25, 0.3) is 0 Å². The summed E-state index contributed by atoms with van der Waals surface area (Å²) in [5.74, 6) is 1.05. The molecular formula is C19H20O2. The van der Waals surface area contributed by atoms with Crippen LogP contribution in [0.3, 0.4) is 0 Å². The highest BCUT2D eigenvalue weighted by atomic mass is 16.5. The van der Waals surface area contributed by atoms with Crippen LogP contribution in [0.5, 0.6) is 5.75 Å². The summed E-state index contributed by atoms with van der Waals surface area (Å²) in [6.45, 7) is 4.02. The van der Waals surface area contributed by atoms with E-state index in [-0.39, 0.29) is 11.9 Å². The highest BCUT2D eigenvalue weighted by molar-refractivity contribution is 5.99. The van der Waals surface area contributed by atoms with Gasteiger partial charge < -0.3 is 4.74 Å². The van der Waals surface area contributed by atoms with Gasteiger partial charge in [0, 0.05) is 17.5 Å². The van der Waals surface area contributed by atoms with Gasteiger partial charge in [-0.25, -0.2) is 0 Å². The molecule has 0 amide bonds. The Morgan fingerprint density at radius 1 is 1.00 bits per heavy atom. The van der Waals surface area contributed by atoms with Crippen LogP contribution in [-0.4, -0.2) is 11.9 Å². The Kier molecular flexibility index (Phi) is 3.78. The first-order chi connectivity index (χ1) is 10.1. The summed E-state index contributed by atoms with van der Waals surface area (Å²) in [6, 6.07) is 14.3. The van der Waals surface area contributed by atoms with Crippen molar-refractivity contribution < 1.29 is 9.53 Å². The fourth-order valence-corrected chi connectivity index (χ4v) is 2.86. The molecule has 21 heavy (non-hydrogen) atoms. The van der Waals surface area contributed by atoms with Gasteiger partial charge in [0.05, 0.1) is 6.10 Å². The van der Waals surface area contributed by atoms with E-state index in [2.05, 4.69) is 18.2 Å². The molecule has 2 aromatic rings. The van der Waals surface area contributed by atoms with Gasteiger partial charge in [-0.1, -0.05) is 30.3 Å². The van der Waals surface area contributed by atoms with E-state index in [1.807, 2.05) is 38.1 Å². The van der Waals surface area contributed by atoms with Gasteiger partial charge in [-0.2, -0.15) is 0 Å². The van der Waals surface area contributed by atoms with E-state index in [1.165, 1.54) is 0 Å². The predicted molar refractivity (Wildman–Crippen MR) is 84.9 cm³/mol. The molecule has 0 heterocycles. The van der Waals surface area contributed by atoms with Crippen molar-refractivity contribution >= 4 is 5.78 Å². The largest absolute Gasteiger partial charge is 0.490 e. The Morgan fingerprint density at radius 2 is 1.76 bits per heavy atom. The average molecular weight is 280 g/mol. The number of aryl methyl sites for hydroxylation is 1. The fourth-order valence-electron chi connectivity index (χ4n) is 2.86. The second-order valence-electron chi connectivity index (χ2n) is 5.81. The fraction of sp³-hybridized carbons (Fsp3) is 0.316. The van der Waals surface area contributed by atoms with Crippen molar-refractivity contribution in [2.24, 2.45) is 0 Å². The molecule has 1 aliphatic rings. The summed E-state index contributed by atoms with van der Waals surface area (Å²) in [5, 5.41) is 0. The zero-order valence-corrected chi connectivity index (χ0v) is 12.6. The number of ketones is 1. The summed E-state index contributed by atoms with van der Waals surface area (Å²) in [6.07, 6.45) is 2.66. The molecular weight excluding hydrogens is 260 g/mol. The van der Waals surface area contributed by atoms with E-state index in [0.29, 0.717) is 6.42 Å². The number of hydrogen-bond acceptors (Lipinski definition) is 2. The van der Waals surface area contributed by atoms with Gasteiger partial charge in [0.15, 0.2) is 5.78 Å². The number of benzene rings is 2. The quantitative estimate of drug-likeness (QED) is 0.817. The molecule has 3 rings (SSSR count). The zero-order chi connectivity index (χ0) is 14.8. The molecule has 1 aliphatic carbocycles. The minimum Gasteiger partial charge on any atom is -0.490 e. The Morgan fingerprint density at radius 3 is 2.48 bits per heavy atom. The molecule has 0 bridgehead atoms. The van der Waals surface area contributed by atoms with Crippen molar-refractivity contribution in [3.63, 3.8) is 0 Å². The lowest BCUT2D eigenvalue weighted by Gasteiger charge is -2.21. The molecule has 2 heteroatoms. The first kappa shape index (κ1) is 13.9. The van der Waals surface area contributed by atoms with Crippen LogP contribution in [0, 0.1) is 0 Å². The maximum absolute atomic E-state index is 12.1. The van der Waals surface area contributed by atoms with Gasteiger partial charge in [-0.15, -0.1) is 0 Å². The molecule has 0 radical (unpaired) electrons. The molecule has 0 saturated carbocycles. The van der Waals surface area contributed by atoms with E-state index in [0.717, 1.165) is 40.8 Å².